The van der Waals surface area contributed by atoms with Crippen LogP contribution >= 0.6 is 0 Å². The zero-order chi connectivity index (χ0) is 19.6. The maximum atomic E-state index is 13.0. The number of nitrogens with one attached hydrogen (secondary N) is 2. The minimum Gasteiger partial charge on any atom is -0.371 e. The highest BCUT2D eigenvalue weighted by Crippen LogP contribution is 2.30. The van der Waals surface area contributed by atoms with Gasteiger partial charge >= 0.3 is 0 Å². The van der Waals surface area contributed by atoms with Crippen molar-refractivity contribution in [3.8, 4) is 11.4 Å². The molecular weight excluding hydrogens is 366 g/mol. The van der Waals surface area contributed by atoms with Crippen LogP contribution in [0, 0.1) is 0 Å². The van der Waals surface area contributed by atoms with E-state index in [1.54, 1.807) is 0 Å². The van der Waals surface area contributed by atoms with Crippen molar-refractivity contribution in [1.82, 2.24) is 25.4 Å². The van der Waals surface area contributed by atoms with Gasteiger partial charge in [-0.25, -0.2) is 4.98 Å². The van der Waals surface area contributed by atoms with Gasteiger partial charge in [-0.15, -0.1) is 0 Å². The van der Waals surface area contributed by atoms with Gasteiger partial charge in [-0.2, -0.15) is 5.10 Å². The molecule has 0 spiro atoms. The molecule has 2 aromatic carbocycles. The predicted molar refractivity (Wildman–Crippen MR) is 108 cm³/mol. The number of aromatic nitrogens is 3. The molecule has 5 rings (SSSR count). The summed E-state index contributed by atoms with van der Waals surface area (Å²) < 4.78 is 6.11. The van der Waals surface area contributed by atoms with Crippen LogP contribution in [0.15, 0.2) is 60.9 Å². The molecule has 0 radical (unpaired) electrons. The fraction of sp³-hybridized carbons (Fsp3) is 0.318. The molecule has 3 atom stereocenters. The van der Waals surface area contributed by atoms with Crippen molar-refractivity contribution in [2.24, 2.45) is 0 Å². The first kappa shape index (κ1) is 18.0. The fourth-order valence-corrected chi connectivity index (χ4v) is 4.33. The number of carbonyl (C=O) groups is 1. The second kappa shape index (κ2) is 7.77. The Hall–Kier alpha value is -3.03. The molecule has 0 bridgehead atoms. The number of rotatable bonds is 4. The minimum absolute atomic E-state index is 0.0811. The van der Waals surface area contributed by atoms with Crippen LogP contribution < -0.4 is 5.32 Å². The monoisotopic (exact) mass is 389 g/mol. The summed E-state index contributed by atoms with van der Waals surface area (Å²) in [6, 6.07) is 18.3. The van der Waals surface area contributed by atoms with Gasteiger partial charge in [0, 0.05) is 30.7 Å². The average molecular weight is 389 g/mol. The normalized spacial score (nSPS) is 24.2. The molecule has 0 unspecified atom stereocenters. The Kier molecular flexibility index (Phi) is 4.83. The highest BCUT2D eigenvalue weighted by atomic mass is 16.5. The summed E-state index contributed by atoms with van der Waals surface area (Å²) in [4.78, 5) is 19.6. The van der Waals surface area contributed by atoms with Gasteiger partial charge in [-0.3, -0.25) is 14.8 Å². The standard InChI is InChI=1S/C22H23N5O2/c28-22(19-9-5-4-8-18(19)21-23-14-24-26-21)25-16-10-17-13-29-20(12-27(17)11-16)15-6-2-1-3-7-15/h1-9,14,16-17,20H,10-13H2,(H,25,28)(H,23,24,26)/t16-,17+,20-/m1/s1. The number of aromatic amines is 1. The van der Waals surface area contributed by atoms with Gasteiger partial charge < -0.3 is 10.1 Å². The van der Waals surface area contributed by atoms with E-state index in [1.807, 2.05) is 42.5 Å². The van der Waals surface area contributed by atoms with Gasteiger partial charge in [0.05, 0.1) is 18.3 Å². The second-order valence-corrected chi connectivity index (χ2v) is 7.63. The Morgan fingerprint density at radius 3 is 2.76 bits per heavy atom. The molecular formula is C22H23N5O2. The summed E-state index contributed by atoms with van der Waals surface area (Å²) >= 11 is 0. The summed E-state index contributed by atoms with van der Waals surface area (Å²) in [5.41, 5.74) is 2.57. The zero-order valence-corrected chi connectivity index (χ0v) is 16.0. The summed E-state index contributed by atoms with van der Waals surface area (Å²) in [5.74, 6) is 0.515. The van der Waals surface area contributed by atoms with Crippen molar-refractivity contribution >= 4 is 5.91 Å². The molecule has 3 aromatic rings. The Balaban J connectivity index is 1.26. The summed E-state index contributed by atoms with van der Waals surface area (Å²) in [5, 5.41) is 9.94. The van der Waals surface area contributed by atoms with Crippen molar-refractivity contribution in [2.75, 3.05) is 19.7 Å². The number of carbonyl (C=O) groups excluding carboxylic acids is 1. The lowest BCUT2D eigenvalue weighted by Crippen LogP contribution is -2.43. The lowest BCUT2D eigenvalue weighted by atomic mass is 10.1. The van der Waals surface area contributed by atoms with Gasteiger partial charge in [0.1, 0.15) is 6.33 Å². The topological polar surface area (TPSA) is 83.1 Å². The van der Waals surface area contributed by atoms with Crippen LogP contribution in [-0.2, 0) is 4.74 Å². The van der Waals surface area contributed by atoms with Gasteiger partial charge in [0.2, 0.25) is 0 Å². The van der Waals surface area contributed by atoms with E-state index in [-0.39, 0.29) is 18.1 Å². The quantitative estimate of drug-likeness (QED) is 0.716. The van der Waals surface area contributed by atoms with Crippen LogP contribution in [0.25, 0.3) is 11.4 Å². The van der Waals surface area contributed by atoms with Crippen LogP contribution in [0.2, 0.25) is 0 Å². The van der Waals surface area contributed by atoms with E-state index in [9.17, 15) is 4.79 Å². The SMILES string of the molecule is O=C(N[C@@H]1C[C@H]2CO[C@@H](c3ccccc3)CN2C1)c1ccccc1-c1ncn[nH]1. The number of benzene rings is 2. The molecule has 2 N–H and O–H groups in total. The third-order valence-corrected chi connectivity index (χ3v) is 5.77. The van der Waals surface area contributed by atoms with E-state index >= 15 is 0 Å². The minimum atomic E-state index is -0.0811. The highest BCUT2D eigenvalue weighted by Gasteiger charge is 2.38. The molecule has 7 heteroatoms. The first-order valence-corrected chi connectivity index (χ1v) is 9.94. The Morgan fingerprint density at radius 2 is 1.93 bits per heavy atom. The van der Waals surface area contributed by atoms with Crippen LogP contribution in [0.5, 0.6) is 0 Å². The molecule has 1 amide bonds. The first-order valence-electron chi connectivity index (χ1n) is 9.94. The lowest BCUT2D eigenvalue weighted by molar-refractivity contribution is -0.0502. The van der Waals surface area contributed by atoms with Crippen LogP contribution in [0.4, 0.5) is 0 Å². The molecule has 29 heavy (non-hydrogen) atoms. The number of nitrogens with zero attached hydrogens (tertiary/aromatic N) is 3. The molecule has 2 aliphatic rings. The van der Waals surface area contributed by atoms with Crippen molar-refractivity contribution in [1.29, 1.82) is 0 Å². The lowest BCUT2D eigenvalue weighted by Gasteiger charge is -2.35. The molecule has 3 heterocycles. The maximum Gasteiger partial charge on any atom is 0.252 e. The maximum absolute atomic E-state index is 13.0. The van der Waals surface area contributed by atoms with Crippen LogP contribution in [-0.4, -0.2) is 57.8 Å². The van der Waals surface area contributed by atoms with E-state index in [1.165, 1.54) is 11.9 Å². The van der Waals surface area contributed by atoms with E-state index < -0.39 is 0 Å². The number of H-pyrrole nitrogens is 1. The molecule has 2 fully saturated rings. The molecule has 2 aliphatic heterocycles. The van der Waals surface area contributed by atoms with E-state index in [2.05, 4.69) is 37.5 Å². The van der Waals surface area contributed by atoms with Crippen molar-refractivity contribution in [2.45, 2.75) is 24.6 Å². The predicted octanol–water partition coefficient (Wildman–Crippen LogP) is 2.42. The number of ether oxygens (including phenoxy) is 1. The molecule has 0 aliphatic carbocycles. The number of morpholine rings is 1. The molecule has 1 aromatic heterocycles. The molecule has 0 saturated carbocycles. The third-order valence-electron chi connectivity index (χ3n) is 5.77. The summed E-state index contributed by atoms with van der Waals surface area (Å²) in [7, 11) is 0. The van der Waals surface area contributed by atoms with Crippen molar-refractivity contribution in [3.63, 3.8) is 0 Å². The van der Waals surface area contributed by atoms with Crippen LogP contribution in [0.3, 0.4) is 0 Å². The van der Waals surface area contributed by atoms with E-state index in [0.717, 1.165) is 25.1 Å². The summed E-state index contributed by atoms with van der Waals surface area (Å²) in [6.45, 7) is 2.39. The summed E-state index contributed by atoms with van der Waals surface area (Å²) in [6.07, 6.45) is 2.44. The Morgan fingerprint density at radius 1 is 1.10 bits per heavy atom. The second-order valence-electron chi connectivity index (χ2n) is 7.63. The van der Waals surface area contributed by atoms with Gasteiger partial charge in [-0.05, 0) is 18.1 Å². The van der Waals surface area contributed by atoms with Crippen LogP contribution in [0.1, 0.15) is 28.4 Å². The molecule has 7 nitrogen and oxygen atoms in total. The van der Waals surface area contributed by atoms with Gasteiger partial charge in [0.15, 0.2) is 5.82 Å². The van der Waals surface area contributed by atoms with Gasteiger partial charge in [-0.1, -0.05) is 48.5 Å². The smallest absolute Gasteiger partial charge is 0.252 e. The van der Waals surface area contributed by atoms with Crippen molar-refractivity contribution in [3.05, 3.63) is 72.1 Å². The zero-order valence-electron chi connectivity index (χ0n) is 16.0. The molecule has 2 saturated heterocycles. The van der Waals surface area contributed by atoms with E-state index in [0.29, 0.717) is 24.0 Å². The Bertz CT molecular complexity index is 976. The first-order chi connectivity index (χ1) is 14.3. The molecule has 148 valence electrons. The van der Waals surface area contributed by atoms with E-state index in [4.69, 9.17) is 4.74 Å². The Labute approximate surface area is 169 Å². The number of hydrogen-bond acceptors (Lipinski definition) is 5. The fourth-order valence-electron chi connectivity index (χ4n) is 4.33. The van der Waals surface area contributed by atoms with Crippen molar-refractivity contribution < 1.29 is 9.53 Å². The number of hydrogen-bond donors (Lipinski definition) is 2. The average Bonchev–Trinajstić information content (AvgIpc) is 3.43. The highest BCUT2D eigenvalue weighted by molar-refractivity contribution is 6.00. The third kappa shape index (κ3) is 3.66. The number of amides is 1. The van der Waals surface area contributed by atoms with Gasteiger partial charge in [0.25, 0.3) is 5.91 Å². The number of fused-ring (bicyclic) bond motifs is 1. The largest absolute Gasteiger partial charge is 0.371 e.